The molecule has 0 aromatic carbocycles. The summed E-state index contributed by atoms with van der Waals surface area (Å²) < 4.78 is 13.7. The molecule has 1 aliphatic rings. The second-order valence-electron chi connectivity index (χ2n) is 6.72. The Bertz CT molecular complexity index is 1120. The summed E-state index contributed by atoms with van der Waals surface area (Å²) in [7, 11) is 1.28. The van der Waals surface area contributed by atoms with Gasteiger partial charge in [0.15, 0.2) is 0 Å². The van der Waals surface area contributed by atoms with Crippen LogP contribution in [0.3, 0.4) is 0 Å². The molecule has 1 aliphatic heterocycles. The van der Waals surface area contributed by atoms with Crippen molar-refractivity contribution in [1.29, 1.82) is 0 Å². The van der Waals surface area contributed by atoms with Crippen LogP contribution in [0.2, 0.25) is 0 Å². The van der Waals surface area contributed by atoms with Gasteiger partial charge in [-0.15, -0.1) is 0 Å². The maximum atomic E-state index is 13.1. The van der Waals surface area contributed by atoms with Crippen molar-refractivity contribution in [2.45, 2.75) is 32.4 Å². The van der Waals surface area contributed by atoms with E-state index in [4.69, 9.17) is 20.2 Å². The fourth-order valence-corrected chi connectivity index (χ4v) is 3.56. The highest BCUT2D eigenvalue weighted by Crippen LogP contribution is 2.19. The van der Waals surface area contributed by atoms with Crippen molar-refractivity contribution in [1.82, 2.24) is 9.38 Å². The highest BCUT2D eigenvalue weighted by molar-refractivity contribution is 5.96. The molecule has 0 aliphatic carbocycles. The molecule has 27 heavy (non-hydrogen) atoms. The van der Waals surface area contributed by atoms with Crippen molar-refractivity contribution < 1.29 is 18.8 Å². The van der Waals surface area contributed by atoms with Crippen molar-refractivity contribution in [2.24, 2.45) is 0 Å². The van der Waals surface area contributed by atoms with Crippen LogP contribution in [-0.2, 0) is 16.0 Å². The standard InChI is InChI=1S/C19H20N4O4/c1-11-5-3-7-22-16(11)21-17-14(18(22)24)9-13(19(25)26-2)15(20)23(17)10-12-6-4-8-27-12/h3,5,7,9,12,20H,4,6,8,10H2,1-2H3/p+1/t12-/m0/s1. The van der Waals surface area contributed by atoms with E-state index in [1.165, 1.54) is 17.6 Å². The van der Waals surface area contributed by atoms with Gasteiger partial charge in [-0.25, -0.2) is 9.36 Å². The largest absolute Gasteiger partial charge is 0.465 e. The molecule has 0 saturated carbocycles. The van der Waals surface area contributed by atoms with Crippen LogP contribution in [-0.4, -0.2) is 35.2 Å². The predicted octanol–water partition coefficient (Wildman–Crippen LogP) is 0.991. The van der Waals surface area contributed by atoms with Crippen LogP contribution in [0.4, 0.5) is 5.82 Å². The number of carbonyl (C=O) groups is 1. The van der Waals surface area contributed by atoms with E-state index in [0.717, 1.165) is 18.4 Å². The number of pyridine rings is 2. The summed E-state index contributed by atoms with van der Waals surface area (Å²) in [6, 6.07) is 5.15. The quantitative estimate of drug-likeness (QED) is 0.420. The smallest absolute Gasteiger partial charge is 0.344 e. The molecule has 4 heterocycles. The van der Waals surface area contributed by atoms with Gasteiger partial charge in [0.25, 0.3) is 11.2 Å². The Balaban J connectivity index is 2.07. The normalized spacial score (nSPS) is 16.9. The van der Waals surface area contributed by atoms with Gasteiger partial charge >= 0.3 is 5.97 Å². The number of aryl methyl sites for hydroxylation is 1. The molecule has 0 unspecified atom stereocenters. The lowest BCUT2D eigenvalue weighted by molar-refractivity contribution is -0.666. The Morgan fingerprint density at radius 2 is 2.33 bits per heavy atom. The summed E-state index contributed by atoms with van der Waals surface area (Å²) in [5.74, 6) is -0.376. The Kier molecular flexibility index (Phi) is 4.27. The Morgan fingerprint density at radius 1 is 1.52 bits per heavy atom. The first-order chi connectivity index (χ1) is 13.0. The lowest BCUT2D eigenvalue weighted by Crippen LogP contribution is -2.45. The van der Waals surface area contributed by atoms with E-state index in [2.05, 4.69) is 0 Å². The zero-order valence-electron chi connectivity index (χ0n) is 15.3. The van der Waals surface area contributed by atoms with Crippen LogP contribution in [0.1, 0.15) is 28.8 Å². The molecule has 4 rings (SSSR count). The Labute approximate surface area is 155 Å². The van der Waals surface area contributed by atoms with E-state index < -0.39 is 5.97 Å². The monoisotopic (exact) mass is 369 g/mol. The van der Waals surface area contributed by atoms with E-state index >= 15 is 0 Å². The number of ether oxygens (including phenoxy) is 2. The number of esters is 1. The van der Waals surface area contributed by atoms with Gasteiger partial charge < -0.3 is 15.2 Å². The number of carbonyl (C=O) groups excluding carboxylic acids is 1. The van der Waals surface area contributed by atoms with Crippen LogP contribution in [0, 0.1) is 6.92 Å². The van der Waals surface area contributed by atoms with E-state index in [9.17, 15) is 9.59 Å². The van der Waals surface area contributed by atoms with Gasteiger partial charge in [0, 0.05) is 18.4 Å². The molecular formula is C19H21N4O4+. The number of anilines is 1. The summed E-state index contributed by atoms with van der Waals surface area (Å²) in [6.07, 6.45) is 3.49. The Hall–Kier alpha value is -3.00. The molecule has 140 valence electrons. The summed E-state index contributed by atoms with van der Waals surface area (Å²) in [4.78, 5) is 30.0. The number of methoxy groups -OCH3 is 1. The number of nitrogens with two attached hydrogens (primary N) is 1. The lowest BCUT2D eigenvalue weighted by Gasteiger charge is -2.14. The third-order valence-electron chi connectivity index (χ3n) is 4.99. The molecule has 2 N–H and O–H groups in total. The Morgan fingerprint density at radius 3 is 3.04 bits per heavy atom. The summed E-state index contributed by atoms with van der Waals surface area (Å²) in [6.45, 7) is 3.00. The number of nitrogens with zero attached hydrogens (tertiary/aromatic N) is 3. The van der Waals surface area contributed by atoms with E-state index in [1.807, 2.05) is 13.0 Å². The number of rotatable bonds is 3. The van der Waals surface area contributed by atoms with Gasteiger partial charge in [-0.1, -0.05) is 11.1 Å². The second kappa shape index (κ2) is 6.62. The number of hydrogen-bond donors (Lipinski definition) is 1. The van der Waals surface area contributed by atoms with Crippen LogP contribution in [0.5, 0.6) is 0 Å². The molecule has 8 heteroatoms. The number of hydrogen-bond acceptors (Lipinski definition) is 6. The molecule has 3 aromatic rings. The lowest BCUT2D eigenvalue weighted by atomic mass is 10.1. The highest BCUT2D eigenvalue weighted by Gasteiger charge is 2.28. The van der Waals surface area contributed by atoms with Gasteiger partial charge in [-0.3, -0.25) is 9.20 Å². The van der Waals surface area contributed by atoms with Crippen LogP contribution >= 0.6 is 0 Å². The third kappa shape index (κ3) is 2.82. The minimum atomic E-state index is -0.593. The molecule has 0 spiro atoms. The maximum absolute atomic E-state index is 13.1. The molecule has 1 atom stereocenters. The van der Waals surface area contributed by atoms with Crippen LogP contribution in [0.15, 0.2) is 29.2 Å². The molecular weight excluding hydrogens is 348 g/mol. The summed E-state index contributed by atoms with van der Waals surface area (Å²) >= 11 is 0. The van der Waals surface area contributed by atoms with Crippen molar-refractivity contribution in [3.05, 3.63) is 45.9 Å². The van der Waals surface area contributed by atoms with Crippen molar-refractivity contribution in [3.63, 3.8) is 0 Å². The zero-order chi connectivity index (χ0) is 19.1. The SMILES string of the molecule is COC(=O)c1cc2c(=O)n3cccc(C)c3nc2[n+](C[C@@H]2CCCO2)c1N. The number of fused-ring (bicyclic) bond motifs is 2. The van der Waals surface area contributed by atoms with Gasteiger partial charge in [0.2, 0.25) is 11.5 Å². The number of aromatic nitrogens is 3. The summed E-state index contributed by atoms with van der Waals surface area (Å²) in [5.41, 5.74) is 8.05. The molecule has 8 nitrogen and oxygen atoms in total. The topological polar surface area (TPSA) is 99.8 Å². The molecule has 1 fully saturated rings. The van der Waals surface area contributed by atoms with Crippen LogP contribution in [0.25, 0.3) is 16.7 Å². The molecule has 1 saturated heterocycles. The van der Waals surface area contributed by atoms with Gasteiger partial charge in [0.1, 0.15) is 10.9 Å². The van der Waals surface area contributed by atoms with Crippen LogP contribution < -0.4 is 15.9 Å². The number of nitrogen functional groups attached to an aromatic ring is 1. The summed E-state index contributed by atoms with van der Waals surface area (Å²) in [5, 5.41) is 0.311. The van der Waals surface area contributed by atoms with Gasteiger partial charge in [0.05, 0.1) is 19.8 Å². The fourth-order valence-electron chi connectivity index (χ4n) is 3.56. The first-order valence-electron chi connectivity index (χ1n) is 8.85. The first kappa shape index (κ1) is 17.4. The van der Waals surface area contributed by atoms with Gasteiger partial charge in [-0.05, 0) is 31.9 Å². The average Bonchev–Trinajstić information content (AvgIpc) is 3.18. The van der Waals surface area contributed by atoms with Crippen molar-refractivity contribution in [3.8, 4) is 0 Å². The molecule has 0 radical (unpaired) electrons. The van der Waals surface area contributed by atoms with E-state index in [-0.39, 0.29) is 23.0 Å². The van der Waals surface area contributed by atoms with E-state index in [0.29, 0.717) is 29.8 Å². The molecule has 0 bridgehead atoms. The average molecular weight is 369 g/mol. The van der Waals surface area contributed by atoms with Crippen molar-refractivity contribution >= 4 is 28.5 Å². The fraction of sp³-hybridized carbons (Fsp3) is 0.368. The zero-order valence-corrected chi connectivity index (χ0v) is 15.3. The first-order valence-corrected chi connectivity index (χ1v) is 8.85. The molecule has 3 aromatic heterocycles. The van der Waals surface area contributed by atoms with Gasteiger partial charge in [-0.2, -0.15) is 0 Å². The third-order valence-corrected chi connectivity index (χ3v) is 4.99. The minimum absolute atomic E-state index is 0.0366. The predicted molar refractivity (Wildman–Crippen MR) is 98.6 cm³/mol. The maximum Gasteiger partial charge on any atom is 0.344 e. The van der Waals surface area contributed by atoms with E-state index in [1.54, 1.807) is 16.8 Å². The minimum Gasteiger partial charge on any atom is -0.465 e. The second-order valence-corrected chi connectivity index (χ2v) is 6.72. The molecule has 0 amide bonds. The highest BCUT2D eigenvalue weighted by atomic mass is 16.5. The van der Waals surface area contributed by atoms with Crippen molar-refractivity contribution in [2.75, 3.05) is 19.5 Å².